The summed E-state index contributed by atoms with van der Waals surface area (Å²) in [6, 6.07) is 0.252. The minimum atomic E-state index is 0.252. The van der Waals surface area contributed by atoms with Gasteiger partial charge < -0.3 is 10.1 Å². The summed E-state index contributed by atoms with van der Waals surface area (Å²) in [6.45, 7) is 2.42. The predicted octanol–water partition coefficient (Wildman–Crippen LogP) is 0.199. The highest BCUT2D eigenvalue weighted by Gasteiger charge is 2.16. The van der Waals surface area contributed by atoms with Crippen LogP contribution in [0.25, 0.3) is 0 Å². The smallest absolute Gasteiger partial charge is 0.0948 e. The highest BCUT2D eigenvalue weighted by Crippen LogP contribution is 2.13. The van der Waals surface area contributed by atoms with Crippen LogP contribution in [0.4, 0.5) is 0 Å². The normalized spacial score (nSPS) is 25.3. The van der Waals surface area contributed by atoms with Crippen molar-refractivity contribution in [2.45, 2.75) is 6.04 Å². The molecule has 1 atom stereocenters. The van der Waals surface area contributed by atoms with Gasteiger partial charge in [0, 0.05) is 11.9 Å². The van der Waals surface area contributed by atoms with E-state index in [1.54, 1.807) is 0 Å². The third-order valence-electron chi connectivity index (χ3n) is 1.66. The summed E-state index contributed by atoms with van der Waals surface area (Å²) in [5.41, 5.74) is 0.995. The number of nitrogens with one attached hydrogen (secondary N) is 1. The lowest BCUT2D eigenvalue weighted by Gasteiger charge is -2.21. The molecule has 0 spiro atoms. The van der Waals surface area contributed by atoms with Crippen molar-refractivity contribution in [1.29, 1.82) is 0 Å². The molecular weight excluding hydrogens is 162 g/mol. The van der Waals surface area contributed by atoms with E-state index in [-0.39, 0.29) is 6.04 Å². The van der Waals surface area contributed by atoms with Crippen LogP contribution in [0, 0.1) is 0 Å². The molecule has 0 radical (unpaired) electrons. The van der Waals surface area contributed by atoms with Gasteiger partial charge in [-0.05, 0) is 11.5 Å². The summed E-state index contributed by atoms with van der Waals surface area (Å²) in [5, 5.41) is 9.22. The average molecular weight is 171 g/mol. The molecule has 60 valence electrons. The molecule has 0 aromatic carbocycles. The molecule has 1 aromatic heterocycles. The number of aromatic nitrogens is 2. The van der Waals surface area contributed by atoms with Gasteiger partial charge >= 0.3 is 0 Å². The molecule has 1 aliphatic rings. The lowest BCUT2D eigenvalue weighted by atomic mass is 10.2. The van der Waals surface area contributed by atoms with Gasteiger partial charge in [-0.3, -0.25) is 0 Å². The molecule has 4 nitrogen and oxygen atoms in total. The highest BCUT2D eigenvalue weighted by molar-refractivity contribution is 7.03. The standard InChI is InChI=1S/C6H9N3OS/c1-2-10-3-5(7-1)6-4-11-9-8-6/h4-5,7H,1-3H2. The number of rotatable bonds is 1. The summed E-state index contributed by atoms with van der Waals surface area (Å²) in [6.07, 6.45) is 0. The minimum Gasteiger partial charge on any atom is -0.378 e. The molecule has 1 saturated heterocycles. The molecule has 1 unspecified atom stereocenters. The number of nitrogens with zero attached hydrogens (tertiary/aromatic N) is 2. The summed E-state index contributed by atoms with van der Waals surface area (Å²) in [4.78, 5) is 0. The maximum absolute atomic E-state index is 5.28. The summed E-state index contributed by atoms with van der Waals surface area (Å²) in [7, 11) is 0. The second-order valence-corrected chi connectivity index (χ2v) is 3.02. The molecule has 11 heavy (non-hydrogen) atoms. The van der Waals surface area contributed by atoms with E-state index in [2.05, 4.69) is 14.9 Å². The molecule has 2 rings (SSSR count). The largest absolute Gasteiger partial charge is 0.378 e. The Bertz CT molecular complexity index is 208. The quantitative estimate of drug-likeness (QED) is 0.655. The van der Waals surface area contributed by atoms with Crippen molar-refractivity contribution in [3.05, 3.63) is 11.1 Å². The van der Waals surface area contributed by atoms with Crippen molar-refractivity contribution in [3.8, 4) is 0 Å². The van der Waals surface area contributed by atoms with Crippen molar-refractivity contribution in [1.82, 2.24) is 14.9 Å². The van der Waals surface area contributed by atoms with Crippen LogP contribution in [0.2, 0.25) is 0 Å². The first-order valence-corrected chi connectivity index (χ1v) is 4.38. The molecule has 0 saturated carbocycles. The van der Waals surface area contributed by atoms with Crippen LogP contribution in [0.1, 0.15) is 11.7 Å². The molecule has 2 heterocycles. The van der Waals surface area contributed by atoms with Gasteiger partial charge in [-0.25, -0.2) is 0 Å². The molecular formula is C6H9N3OS. The Morgan fingerprint density at radius 2 is 2.73 bits per heavy atom. The lowest BCUT2D eigenvalue weighted by Crippen LogP contribution is -2.34. The number of hydrogen-bond donors (Lipinski definition) is 1. The van der Waals surface area contributed by atoms with Gasteiger partial charge in [-0.2, -0.15) is 0 Å². The zero-order valence-corrected chi connectivity index (χ0v) is 6.80. The van der Waals surface area contributed by atoms with E-state index in [0.29, 0.717) is 6.61 Å². The zero-order valence-electron chi connectivity index (χ0n) is 5.99. The van der Waals surface area contributed by atoms with Gasteiger partial charge in [0.1, 0.15) is 0 Å². The predicted molar refractivity (Wildman–Crippen MR) is 41.5 cm³/mol. The van der Waals surface area contributed by atoms with Gasteiger partial charge in [-0.1, -0.05) is 4.49 Å². The maximum atomic E-state index is 5.28. The van der Waals surface area contributed by atoms with Crippen LogP contribution in [0.5, 0.6) is 0 Å². The SMILES string of the molecule is c1snnc1C1COCCN1. The molecule has 5 heteroatoms. The van der Waals surface area contributed by atoms with Crippen LogP contribution in [0.3, 0.4) is 0 Å². The average Bonchev–Trinajstić information content (AvgIpc) is 2.58. The Morgan fingerprint density at radius 1 is 1.73 bits per heavy atom. The van der Waals surface area contributed by atoms with Crippen molar-refractivity contribution in [3.63, 3.8) is 0 Å². The molecule has 1 N–H and O–H groups in total. The van der Waals surface area contributed by atoms with E-state index < -0.39 is 0 Å². The molecule has 1 aliphatic heterocycles. The molecule has 0 bridgehead atoms. The Balaban J connectivity index is 2.04. The fourth-order valence-corrected chi connectivity index (χ4v) is 1.59. The van der Waals surface area contributed by atoms with E-state index in [0.717, 1.165) is 18.8 Å². The van der Waals surface area contributed by atoms with Crippen LogP contribution >= 0.6 is 11.5 Å². The number of hydrogen-bond acceptors (Lipinski definition) is 5. The zero-order chi connectivity index (χ0) is 7.52. The second kappa shape index (κ2) is 3.25. The molecule has 1 aromatic rings. The molecule has 0 aliphatic carbocycles. The van der Waals surface area contributed by atoms with Gasteiger partial charge in [-0.15, -0.1) is 5.10 Å². The lowest BCUT2D eigenvalue weighted by molar-refractivity contribution is 0.0756. The molecule has 1 fully saturated rings. The summed E-state index contributed by atoms with van der Waals surface area (Å²) < 4.78 is 9.07. The van der Waals surface area contributed by atoms with E-state index in [1.807, 2.05) is 5.38 Å². The van der Waals surface area contributed by atoms with Crippen LogP contribution in [-0.2, 0) is 4.74 Å². The first kappa shape index (κ1) is 7.15. The van der Waals surface area contributed by atoms with Gasteiger partial charge in [0.2, 0.25) is 0 Å². The van der Waals surface area contributed by atoms with Crippen LogP contribution in [0.15, 0.2) is 5.38 Å². The topological polar surface area (TPSA) is 47.0 Å². The molecule has 0 amide bonds. The first-order chi connectivity index (χ1) is 5.47. The van der Waals surface area contributed by atoms with Gasteiger partial charge in [0.25, 0.3) is 0 Å². The first-order valence-electron chi connectivity index (χ1n) is 3.55. The van der Waals surface area contributed by atoms with E-state index in [9.17, 15) is 0 Å². The second-order valence-electron chi connectivity index (χ2n) is 2.41. The fraction of sp³-hybridized carbons (Fsp3) is 0.667. The Hall–Kier alpha value is -0.520. The van der Waals surface area contributed by atoms with E-state index in [4.69, 9.17) is 4.74 Å². The third-order valence-corrected chi connectivity index (χ3v) is 2.18. The maximum Gasteiger partial charge on any atom is 0.0948 e. The van der Waals surface area contributed by atoms with Crippen molar-refractivity contribution < 1.29 is 4.74 Å². The van der Waals surface area contributed by atoms with Crippen molar-refractivity contribution in [2.24, 2.45) is 0 Å². The number of ether oxygens (including phenoxy) is 1. The van der Waals surface area contributed by atoms with Crippen LogP contribution in [-0.4, -0.2) is 29.3 Å². The Morgan fingerprint density at radius 3 is 3.36 bits per heavy atom. The van der Waals surface area contributed by atoms with Gasteiger partial charge in [0.15, 0.2) is 0 Å². The summed E-state index contributed by atoms with van der Waals surface area (Å²) >= 11 is 1.38. The monoisotopic (exact) mass is 171 g/mol. The third kappa shape index (κ3) is 1.55. The summed E-state index contributed by atoms with van der Waals surface area (Å²) in [5.74, 6) is 0. The van der Waals surface area contributed by atoms with E-state index >= 15 is 0 Å². The number of morpholine rings is 1. The van der Waals surface area contributed by atoms with Crippen molar-refractivity contribution in [2.75, 3.05) is 19.8 Å². The van der Waals surface area contributed by atoms with Gasteiger partial charge in [0.05, 0.1) is 24.9 Å². The van der Waals surface area contributed by atoms with E-state index in [1.165, 1.54) is 11.5 Å². The van der Waals surface area contributed by atoms with Crippen LogP contribution < -0.4 is 5.32 Å². The Labute approximate surface area is 68.7 Å². The van der Waals surface area contributed by atoms with Crippen molar-refractivity contribution >= 4 is 11.5 Å². The Kier molecular flexibility index (Phi) is 2.11. The fourth-order valence-electron chi connectivity index (χ4n) is 1.08. The minimum absolute atomic E-state index is 0.252. The highest BCUT2D eigenvalue weighted by atomic mass is 32.1.